The first-order valence-electron chi connectivity index (χ1n) is 11.3. The number of rotatable bonds is 11. The molecule has 1 atom stereocenters. The van der Waals surface area contributed by atoms with Crippen molar-refractivity contribution in [2.75, 3.05) is 13.2 Å². The van der Waals surface area contributed by atoms with Gasteiger partial charge < -0.3 is 21.5 Å². The highest BCUT2D eigenvalue weighted by molar-refractivity contribution is 9.10. The number of carbonyl (C=O) groups excluding carboxylic acids is 3. The van der Waals surface area contributed by atoms with Gasteiger partial charge in [0.2, 0.25) is 11.8 Å². The Labute approximate surface area is 212 Å². The highest BCUT2D eigenvalue weighted by Crippen LogP contribution is 2.27. The molecule has 6 N–H and O–H groups in total. The van der Waals surface area contributed by atoms with Gasteiger partial charge in [-0.3, -0.25) is 14.9 Å². The van der Waals surface area contributed by atoms with E-state index in [0.29, 0.717) is 43.7 Å². The minimum Gasteiger partial charge on any atom is -0.493 e. The SMILES string of the molecule is NC(=O)NC(=O)Cc1cc2ccccc2cc1OCCCCNC(=O)[C@@H](N)Cc1ccc(Br)cc1. The summed E-state index contributed by atoms with van der Waals surface area (Å²) in [5.74, 6) is -0.116. The topological polar surface area (TPSA) is 137 Å². The fraction of sp³-hybridized carbons (Fsp3) is 0.269. The van der Waals surface area contributed by atoms with Crippen LogP contribution in [0.5, 0.6) is 5.75 Å². The van der Waals surface area contributed by atoms with Crippen molar-refractivity contribution in [3.8, 4) is 5.75 Å². The zero-order valence-corrected chi connectivity index (χ0v) is 20.8. The van der Waals surface area contributed by atoms with Crippen LogP contribution in [0.2, 0.25) is 0 Å². The Morgan fingerprint density at radius 2 is 1.66 bits per heavy atom. The molecular weight excluding hydrogens is 512 g/mol. The third-order valence-corrected chi connectivity index (χ3v) is 5.90. The molecule has 0 heterocycles. The van der Waals surface area contributed by atoms with Crippen molar-refractivity contribution in [3.63, 3.8) is 0 Å². The molecule has 0 unspecified atom stereocenters. The molecule has 0 aliphatic heterocycles. The number of urea groups is 1. The monoisotopic (exact) mass is 540 g/mol. The number of halogens is 1. The van der Waals surface area contributed by atoms with Gasteiger partial charge in [-0.15, -0.1) is 0 Å². The molecule has 0 aliphatic rings. The first-order chi connectivity index (χ1) is 16.8. The van der Waals surface area contributed by atoms with E-state index in [2.05, 4.69) is 26.6 Å². The summed E-state index contributed by atoms with van der Waals surface area (Å²) in [7, 11) is 0. The standard InChI is InChI=1S/C26H29BrN4O4/c27-21-9-7-17(8-10-21)13-22(28)25(33)30-11-3-4-12-35-23-15-19-6-2-1-5-18(19)14-20(23)16-24(32)31-26(29)34/h1-2,5-10,14-15,22H,3-4,11-13,16,28H2,(H,30,33)(H3,29,31,32,34)/t22-/m0/s1. The number of amides is 4. The second-order valence-corrected chi connectivity index (χ2v) is 9.10. The molecular formula is C26H29BrN4O4. The Hall–Kier alpha value is -3.43. The molecule has 3 rings (SSSR count). The lowest BCUT2D eigenvalue weighted by Crippen LogP contribution is -2.42. The molecule has 35 heavy (non-hydrogen) atoms. The number of imide groups is 1. The molecule has 0 fully saturated rings. The van der Waals surface area contributed by atoms with E-state index in [-0.39, 0.29) is 12.3 Å². The van der Waals surface area contributed by atoms with Gasteiger partial charge in [-0.05, 0) is 59.9 Å². The average molecular weight is 541 g/mol. The smallest absolute Gasteiger partial charge is 0.318 e. The minimum absolute atomic E-state index is 0.0323. The van der Waals surface area contributed by atoms with Crippen molar-refractivity contribution in [2.45, 2.75) is 31.7 Å². The Balaban J connectivity index is 1.47. The number of hydrogen-bond donors (Lipinski definition) is 4. The maximum atomic E-state index is 12.3. The highest BCUT2D eigenvalue weighted by Gasteiger charge is 2.14. The van der Waals surface area contributed by atoms with E-state index in [1.165, 1.54) is 0 Å². The molecule has 8 nitrogen and oxygen atoms in total. The number of hydrogen-bond acceptors (Lipinski definition) is 5. The summed E-state index contributed by atoms with van der Waals surface area (Å²) in [6, 6.07) is 17.7. The Bertz CT molecular complexity index is 1180. The third-order valence-electron chi connectivity index (χ3n) is 5.38. The second kappa shape index (κ2) is 12.9. The summed E-state index contributed by atoms with van der Waals surface area (Å²) in [5.41, 5.74) is 12.7. The van der Waals surface area contributed by atoms with Crippen molar-refractivity contribution < 1.29 is 19.1 Å². The first kappa shape index (κ1) is 26.2. The van der Waals surface area contributed by atoms with Gasteiger partial charge in [-0.1, -0.05) is 52.3 Å². The van der Waals surface area contributed by atoms with Crippen molar-refractivity contribution in [1.29, 1.82) is 0 Å². The maximum Gasteiger partial charge on any atom is 0.318 e. The van der Waals surface area contributed by atoms with Crippen molar-refractivity contribution in [3.05, 3.63) is 76.3 Å². The molecule has 0 aromatic heterocycles. The largest absolute Gasteiger partial charge is 0.493 e. The number of nitrogens with one attached hydrogen (secondary N) is 2. The Morgan fingerprint density at radius 3 is 2.34 bits per heavy atom. The van der Waals surface area contributed by atoms with Gasteiger partial charge in [0.15, 0.2) is 0 Å². The normalized spacial score (nSPS) is 11.6. The van der Waals surface area contributed by atoms with Gasteiger partial charge in [0, 0.05) is 16.6 Å². The number of fused-ring (bicyclic) bond motifs is 1. The van der Waals surface area contributed by atoms with Gasteiger partial charge in [0.25, 0.3) is 0 Å². The number of benzene rings is 3. The molecule has 0 saturated heterocycles. The summed E-state index contributed by atoms with van der Waals surface area (Å²) in [6.07, 6.45) is 1.84. The zero-order valence-electron chi connectivity index (χ0n) is 19.3. The molecule has 0 radical (unpaired) electrons. The summed E-state index contributed by atoms with van der Waals surface area (Å²) in [6.45, 7) is 0.894. The molecule has 3 aromatic rings. The van der Waals surface area contributed by atoms with E-state index in [9.17, 15) is 14.4 Å². The lowest BCUT2D eigenvalue weighted by Gasteiger charge is -2.14. The summed E-state index contributed by atoms with van der Waals surface area (Å²) >= 11 is 3.39. The van der Waals surface area contributed by atoms with Crippen molar-refractivity contribution >= 4 is 44.5 Å². The molecule has 0 spiro atoms. The predicted molar refractivity (Wildman–Crippen MR) is 139 cm³/mol. The fourth-order valence-corrected chi connectivity index (χ4v) is 3.88. The zero-order chi connectivity index (χ0) is 25.2. The molecule has 4 amide bonds. The molecule has 0 bridgehead atoms. The van der Waals surface area contributed by atoms with Crippen LogP contribution in [0.1, 0.15) is 24.0 Å². The van der Waals surface area contributed by atoms with E-state index in [1.807, 2.05) is 60.7 Å². The molecule has 0 aliphatic carbocycles. The number of carbonyl (C=O) groups is 3. The lowest BCUT2D eigenvalue weighted by atomic mass is 10.0. The number of primary amides is 1. The van der Waals surface area contributed by atoms with E-state index < -0.39 is 18.0 Å². The lowest BCUT2D eigenvalue weighted by molar-refractivity contribution is -0.122. The van der Waals surface area contributed by atoms with Crippen molar-refractivity contribution in [2.24, 2.45) is 11.5 Å². The molecule has 0 saturated carbocycles. The van der Waals surface area contributed by atoms with E-state index in [4.69, 9.17) is 16.2 Å². The number of nitrogens with two attached hydrogens (primary N) is 2. The average Bonchev–Trinajstić information content (AvgIpc) is 2.82. The summed E-state index contributed by atoms with van der Waals surface area (Å²) in [4.78, 5) is 35.3. The quantitative estimate of drug-likeness (QED) is 0.277. The van der Waals surface area contributed by atoms with Crippen LogP contribution in [-0.2, 0) is 22.4 Å². The Morgan fingerprint density at radius 1 is 0.971 bits per heavy atom. The molecule has 184 valence electrons. The van der Waals surface area contributed by atoms with Crippen LogP contribution in [0, 0.1) is 0 Å². The van der Waals surface area contributed by atoms with E-state index in [1.54, 1.807) is 0 Å². The van der Waals surface area contributed by atoms with Crippen LogP contribution in [-0.4, -0.2) is 37.0 Å². The molecule has 3 aromatic carbocycles. The predicted octanol–water partition coefficient (Wildman–Crippen LogP) is 3.18. The van der Waals surface area contributed by atoms with Gasteiger partial charge in [-0.2, -0.15) is 0 Å². The third kappa shape index (κ3) is 8.38. The first-order valence-corrected chi connectivity index (χ1v) is 12.1. The summed E-state index contributed by atoms with van der Waals surface area (Å²) in [5, 5.41) is 6.89. The van der Waals surface area contributed by atoms with Crippen molar-refractivity contribution in [1.82, 2.24) is 10.6 Å². The van der Waals surface area contributed by atoms with Crippen LogP contribution in [0.3, 0.4) is 0 Å². The van der Waals surface area contributed by atoms with Crippen LogP contribution >= 0.6 is 15.9 Å². The highest BCUT2D eigenvalue weighted by atomic mass is 79.9. The van der Waals surface area contributed by atoms with Gasteiger partial charge in [0.1, 0.15) is 5.75 Å². The van der Waals surface area contributed by atoms with E-state index in [0.717, 1.165) is 20.8 Å². The van der Waals surface area contributed by atoms with Gasteiger partial charge in [0.05, 0.1) is 19.1 Å². The Kier molecular flexibility index (Phi) is 9.63. The van der Waals surface area contributed by atoms with Crippen LogP contribution in [0.4, 0.5) is 4.79 Å². The van der Waals surface area contributed by atoms with Gasteiger partial charge in [-0.25, -0.2) is 4.79 Å². The van der Waals surface area contributed by atoms with Crippen LogP contribution in [0.15, 0.2) is 65.1 Å². The summed E-state index contributed by atoms with van der Waals surface area (Å²) < 4.78 is 6.93. The number of unbranched alkanes of at least 4 members (excludes halogenated alkanes) is 1. The van der Waals surface area contributed by atoms with Crippen LogP contribution in [0.25, 0.3) is 10.8 Å². The fourth-order valence-electron chi connectivity index (χ4n) is 3.61. The van der Waals surface area contributed by atoms with E-state index >= 15 is 0 Å². The number of ether oxygens (including phenoxy) is 1. The maximum absolute atomic E-state index is 12.3. The molecule has 9 heteroatoms. The second-order valence-electron chi connectivity index (χ2n) is 8.18. The minimum atomic E-state index is -0.892. The van der Waals surface area contributed by atoms with Crippen LogP contribution < -0.4 is 26.8 Å². The van der Waals surface area contributed by atoms with Gasteiger partial charge >= 0.3 is 6.03 Å².